The normalized spacial score (nSPS) is 21.3. The molecule has 0 aromatic heterocycles. The molecule has 0 N–H and O–H groups in total. The molecule has 140 valence electrons. The predicted molar refractivity (Wildman–Crippen MR) is 97.4 cm³/mol. The Balaban J connectivity index is 2.01. The SMILES string of the molecule is CCOC(=O)CN1CCCN(C(=O)C2C=C(C#N)C(SC)=NC2=O)CC1. The van der Waals surface area contributed by atoms with Crippen molar-refractivity contribution in [2.24, 2.45) is 10.9 Å². The summed E-state index contributed by atoms with van der Waals surface area (Å²) < 4.78 is 4.95. The van der Waals surface area contributed by atoms with Crippen LogP contribution in [0.2, 0.25) is 0 Å². The number of aliphatic imine (C=N–C) groups is 1. The molecule has 1 saturated heterocycles. The van der Waals surface area contributed by atoms with Crippen LogP contribution >= 0.6 is 11.8 Å². The molecule has 0 spiro atoms. The smallest absolute Gasteiger partial charge is 0.320 e. The lowest BCUT2D eigenvalue weighted by molar-refractivity contribution is -0.144. The standard InChI is InChI=1S/C17H22N4O4S/c1-3-25-14(22)11-20-5-4-6-21(8-7-20)17(24)13-9-12(10-18)16(26-2)19-15(13)23/h9,13H,3-8,11H2,1-2H3. The van der Waals surface area contributed by atoms with Crippen LogP contribution in [0, 0.1) is 17.2 Å². The minimum Gasteiger partial charge on any atom is -0.465 e. The monoisotopic (exact) mass is 378 g/mol. The van der Waals surface area contributed by atoms with Crippen LogP contribution in [0.3, 0.4) is 0 Å². The third-order valence-corrected chi connectivity index (χ3v) is 4.88. The Morgan fingerprint density at radius 1 is 1.38 bits per heavy atom. The van der Waals surface area contributed by atoms with E-state index in [0.717, 1.165) is 0 Å². The van der Waals surface area contributed by atoms with E-state index in [4.69, 9.17) is 4.74 Å². The molecule has 1 unspecified atom stereocenters. The molecule has 2 heterocycles. The Hall–Kier alpha value is -2.18. The number of carbonyl (C=O) groups excluding carboxylic acids is 3. The van der Waals surface area contributed by atoms with Crippen LogP contribution in [0.25, 0.3) is 0 Å². The summed E-state index contributed by atoms with van der Waals surface area (Å²) in [7, 11) is 0. The van der Waals surface area contributed by atoms with Gasteiger partial charge in [0.25, 0.3) is 5.91 Å². The lowest BCUT2D eigenvalue weighted by Gasteiger charge is -2.25. The summed E-state index contributed by atoms with van der Waals surface area (Å²) in [4.78, 5) is 44.0. The second-order valence-corrected chi connectivity index (χ2v) is 6.68. The number of carbonyl (C=O) groups is 3. The third kappa shape index (κ3) is 4.93. The number of rotatable bonds is 4. The first-order valence-electron chi connectivity index (χ1n) is 8.45. The summed E-state index contributed by atoms with van der Waals surface area (Å²) in [5, 5.41) is 9.54. The van der Waals surface area contributed by atoms with Gasteiger partial charge in [0.2, 0.25) is 5.91 Å². The van der Waals surface area contributed by atoms with Gasteiger partial charge in [0, 0.05) is 26.2 Å². The van der Waals surface area contributed by atoms with Gasteiger partial charge in [0.1, 0.15) is 17.0 Å². The van der Waals surface area contributed by atoms with Gasteiger partial charge in [-0.15, -0.1) is 11.8 Å². The molecule has 0 radical (unpaired) electrons. The number of amides is 2. The van der Waals surface area contributed by atoms with Crippen molar-refractivity contribution in [3.63, 3.8) is 0 Å². The Kier molecular flexibility index (Phi) is 7.36. The van der Waals surface area contributed by atoms with Crippen LogP contribution < -0.4 is 0 Å². The summed E-state index contributed by atoms with van der Waals surface area (Å²) in [6.07, 6.45) is 3.83. The van der Waals surface area contributed by atoms with Crippen molar-refractivity contribution in [3.8, 4) is 6.07 Å². The second-order valence-electron chi connectivity index (χ2n) is 5.89. The third-order valence-electron chi connectivity index (χ3n) is 4.18. The zero-order valence-corrected chi connectivity index (χ0v) is 15.8. The Morgan fingerprint density at radius 2 is 2.15 bits per heavy atom. The predicted octanol–water partition coefficient (Wildman–Crippen LogP) is 0.452. The highest BCUT2D eigenvalue weighted by atomic mass is 32.2. The van der Waals surface area contributed by atoms with Crippen LogP contribution in [0.4, 0.5) is 0 Å². The van der Waals surface area contributed by atoms with Crippen molar-refractivity contribution in [3.05, 3.63) is 11.6 Å². The average molecular weight is 378 g/mol. The minimum atomic E-state index is -1.04. The lowest BCUT2D eigenvalue weighted by atomic mass is 10.0. The second kappa shape index (κ2) is 9.50. The topological polar surface area (TPSA) is 103 Å². The molecule has 8 nitrogen and oxygen atoms in total. The largest absolute Gasteiger partial charge is 0.465 e. The van der Waals surface area contributed by atoms with Crippen LogP contribution in [-0.2, 0) is 19.1 Å². The molecule has 0 saturated carbocycles. The van der Waals surface area contributed by atoms with E-state index >= 15 is 0 Å². The van der Waals surface area contributed by atoms with Crippen molar-refractivity contribution in [1.82, 2.24) is 9.80 Å². The molecule has 2 aliphatic rings. The van der Waals surface area contributed by atoms with Crippen LogP contribution in [-0.4, -0.2) is 78.2 Å². The maximum atomic E-state index is 12.8. The van der Waals surface area contributed by atoms with Crippen molar-refractivity contribution < 1.29 is 19.1 Å². The van der Waals surface area contributed by atoms with Gasteiger partial charge < -0.3 is 9.64 Å². The fourth-order valence-electron chi connectivity index (χ4n) is 2.89. The maximum Gasteiger partial charge on any atom is 0.320 e. The molecule has 0 aromatic carbocycles. The van der Waals surface area contributed by atoms with Gasteiger partial charge in [-0.3, -0.25) is 19.3 Å². The number of esters is 1. The number of dihydropyridines is 1. The van der Waals surface area contributed by atoms with Crippen LogP contribution in [0.1, 0.15) is 13.3 Å². The summed E-state index contributed by atoms with van der Waals surface area (Å²) in [5.74, 6) is -2.21. The highest BCUT2D eigenvalue weighted by Crippen LogP contribution is 2.22. The van der Waals surface area contributed by atoms with Crippen molar-refractivity contribution in [2.45, 2.75) is 13.3 Å². The molecular formula is C17H22N4O4S. The zero-order valence-electron chi connectivity index (χ0n) is 14.9. The van der Waals surface area contributed by atoms with Gasteiger partial charge in [-0.1, -0.05) is 0 Å². The molecule has 1 fully saturated rings. The van der Waals surface area contributed by atoms with Crippen LogP contribution in [0.5, 0.6) is 0 Å². The molecule has 1 atom stereocenters. The summed E-state index contributed by atoms with van der Waals surface area (Å²) in [6, 6.07) is 1.99. The molecule has 0 bridgehead atoms. The fraction of sp³-hybridized carbons (Fsp3) is 0.588. The molecule has 9 heteroatoms. The quantitative estimate of drug-likeness (QED) is 0.517. The maximum absolute atomic E-state index is 12.8. The molecule has 0 aromatic rings. The summed E-state index contributed by atoms with van der Waals surface area (Å²) in [5.41, 5.74) is 0.259. The van der Waals surface area contributed by atoms with Crippen molar-refractivity contribution in [1.29, 1.82) is 5.26 Å². The zero-order chi connectivity index (χ0) is 19.1. The number of hydrogen-bond acceptors (Lipinski definition) is 7. The van der Waals surface area contributed by atoms with Gasteiger partial charge in [0.15, 0.2) is 0 Å². The van der Waals surface area contributed by atoms with Crippen molar-refractivity contribution in [2.75, 3.05) is 45.6 Å². The number of nitrogens with zero attached hydrogens (tertiary/aromatic N) is 4. The molecule has 0 aliphatic carbocycles. The number of thioether (sulfide) groups is 1. The van der Waals surface area contributed by atoms with Crippen molar-refractivity contribution >= 4 is 34.6 Å². The number of nitriles is 1. The molecule has 2 aliphatic heterocycles. The average Bonchev–Trinajstić information content (AvgIpc) is 2.86. The minimum absolute atomic E-state index is 0.193. The summed E-state index contributed by atoms with van der Waals surface area (Å²) in [6.45, 7) is 4.41. The van der Waals surface area contributed by atoms with E-state index in [-0.39, 0.29) is 24.0 Å². The van der Waals surface area contributed by atoms with E-state index in [9.17, 15) is 19.6 Å². The van der Waals surface area contributed by atoms with Gasteiger partial charge >= 0.3 is 5.97 Å². The van der Waals surface area contributed by atoms with E-state index in [1.165, 1.54) is 17.8 Å². The van der Waals surface area contributed by atoms with Gasteiger partial charge in [-0.05, 0) is 25.7 Å². The molecule has 26 heavy (non-hydrogen) atoms. The Morgan fingerprint density at radius 3 is 2.81 bits per heavy atom. The first-order chi connectivity index (χ1) is 12.5. The van der Waals surface area contributed by atoms with E-state index in [1.807, 2.05) is 11.0 Å². The van der Waals surface area contributed by atoms with E-state index in [2.05, 4.69) is 4.99 Å². The summed E-state index contributed by atoms with van der Waals surface area (Å²) >= 11 is 1.21. The fourth-order valence-corrected chi connectivity index (χ4v) is 3.41. The first-order valence-corrected chi connectivity index (χ1v) is 9.68. The molecular weight excluding hydrogens is 356 g/mol. The molecule has 2 rings (SSSR count). The Bertz CT molecular complexity index is 683. The number of hydrogen-bond donors (Lipinski definition) is 0. The first kappa shape index (κ1) is 20.1. The van der Waals surface area contributed by atoms with E-state index in [0.29, 0.717) is 44.3 Å². The van der Waals surface area contributed by atoms with E-state index < -0.39 is 11.8 Å². The molecule has 2 amide bonds. The Labute approximate surface area is 156 Å². The lowest BCUT2D eigenvalue weighted by Crippen LogP contribution is -2.42. The highest BCUT2D eigenvalue weighted by Gasteiger charge is 2.34. The van der Waals surface area contributed by atoms with Crippen LogP contribution in [0.15, 0.2) is 16.6 Å². The van der Waals surface area contributed by atoms with E-state index in [1.54, 1.807) is 18.1 Å². The highest BCUT2D eigenvalue weighted by molar-refractivity contribution is 8.13. The number of ether oxygens (including phenoxy) is 1. The van der Waals surface area contributed by atoms with Gasteiger partial charge in [-0.2, -0.15) is 5.26 Å². The van der Waals surface area contributed by atoms with Gasteiger partial charge in [0.05, 0.1) is 18.7 Å². The van der Waals surface area contributed by atoms with Gasteiger partial charge in [-0.25, -0.2) is 4.99 Å².